The van der Waals surface area contributed by atoms with Gasteiger partial charge in [-0.3, -0.25) is 4.79 Å². The lowest BCUT2D eigenvalue weighted by molar-refractivity contribution is -0.119. The molecule has 0 aliphatic carbocycles. The topological polar surface area (TPSA) is 73.5 Å². The van der Waals surface area contributed by atoms with Crippen LogP contribution in [0.3, 0.4) is 0 Å². The van der Waals surface area contributed by atoms with Gasteiger partial charge in [0.25, 0.3) is 0 Å². The molecule has 1 aliphatic heterocycles. The highest BCUT2D eigenvalue weighted by Gasteiger charge is 2.15. The van der Waals surface area contributed by atoms with E-state index in [4.69, 9.17) is 0 Å². The van der Waals surface area contributed by atoms with E-state index in [0.717, 1.165) is 37.3 Å². The standard InChI is InChI=1S/C18H28N4O2.ClH/c1-14(13-19-2)17(23)20-15-7-9-16(10-8-15)21-18(24)22-11-5-3-4-6-12-22;/h7-10,14,19H,3-6,11-13H2,1-2H3,(H,20,23)(H,21,24);1H. The number of hydrogen-bond donors (Lipinski definition) is 3. The molecule has 0 aromatic heterocycles. The van der Waals surface area contributed by atoms with Crippen molar-refractivity contribution >= 4 is 35.7 Å². The minimum atomic E-state index is -0.0996. The fourth-order valence-corrected chi connectivity index (χ4v) is 2.78. The minimum absolute atomic E-state index is 0. The highest BCUT2D eigenvalue weighted by Crippen LogP contribution is 2.16. The Labute approximate surface area is 156 Å². The summed E-state index contributed by atoms with van der Waals surface area (Å²) in [6.45, 7) is 4.16. The molecule has 2 rings (SSSR count). The fraction of sp³-hybridized carbons (Fsp3) is 0.556. The average molecular weight is 369 g/mol. The Morgan fingerprint density at radius 1 is 1.00 bits per heavy atom. The first-order valence-electron chi connectivity index (χ1n) is 8.71. The quantitative estimate of drug-likeness (QED) is 0.746. The van der Waals surface area contributed by atoms with Crippen molar-refractivity contribution < 1.29 is 9.59 Å². The van der Waals surface area contributed by atoms with E-state index in [-0.39, 0.29) is 30.3 Å². The van der Waals surface area contributed by atoms with Crippen molar-refractivity contribution in [1.82, 2.24) is 10.2 Å². The van der Waals surface area contributed by atoms with Crippen LogP contribution in [0.15, 0.2) is 24.3 Å². The van der Waals surface area contributed by atoms with Gasteiger partial charge in [0, 0.05) is 36.9 Å². The number of anilines is 2. The Bertz CT molecular complexity index is 543. The van der Waals surface area contributed by atoms with Gasteiger partial charge < -0.3 is 20.9 Å². The van der Waals surface area contributed by atoms with Crippen LogP contribution >= 0.6 is 12.4 Å². The summed E-state index contributed by atoms with van der Waals surface area (Å²) >= 11 is 0. The first kappa shape index (κ1) is 21.3. The molecule has 1 aromatic rings. The zero-order valence-electron chi connectivity index (χ0n) is 15.0. The van der Waals surface area contributed by atoms with Gasteiger partial charge in [0.2, 0.25) is 5.91 Å². The monoisotopic (exact) mass is 368 g/mol. The van der Waals surface area contributed by atoms with Gasteiger partial charge in [0.15, 0.2) is 0 Å². The SMILES string of the molecule is CNCC(C)C(=O)Nc1ccc(NC(=O)N2CCCCCC2)cc1.Cl. The second-order valence-electron chi connectivity index (χ2n) is 6.36. The Morgan fingerprint density at radius 3 is 2.04 bits per heavy atom. The number of nitrogens with zero attached hydrogens (tertiary/aromatic N) is 1. The summed E-state index contributed by atoms with van der Waals surface area (Å²) < 4.78 is 0. The van der Waals surface area contributed by atoms with Crippen molar-refractivity contribution in [1.29, 1.82) is 0 Å². The Hall–Kier alpha value is -1.79. The van der Waals surface area contributed by atoms with Gasteiger partial charge in [0.05, 0.1) is 0 Å². The van der Waals surface area contributed by atoms with Gasteiger partial charge in [0.1, 0.15) is 0 Å². The number of hydrogen-bond acceptors (Lipinski definition) is 3. The minimum Gasteiger partial charge on any atom is -0.326 e. The molecule has 0 saturated carbocycles. The number of nitrogens with one attached hydrogen (secondary N) is 3. The van der Waals surface area contributed by atoms with Crippen LogP contribution in [0.1, 0.15) is 32.6 Å². The summed E-state index contributed by atoms with van der Waals surface area (Å²) in [6, 6.07) is 7.20. The van der Waals surface area contributed by atoms with E-state index < -0.39 is 0 Å². The predicted octanol–water partition coefficient (Wildman–Crippen LogP) is 3.31. The third-order valence-corrected chi connectivity index (χ3v) is 4.25. The van der Waals surface area contributed by atoms with Crippen molar-refractivity contribution in [2.24, 2.45) is 5.92 Å². The summed E-state index contributed by atoms with van der Waals surface area (Å²) in [5.41, 5.74) is 1.47. The molecule has 1 aromatic carbocycles. The van der Waals surface area contributed by atoms with Gasteiger partial charge in [-0.05, 0) is 44.2 Å². The summed E-state index contributed by atoms with van der Waals surface area (Å²) in [5.74, 6) is -0.122. The van der Waals surface area contributed by atoms with Gasteiger partial charge in [-0.15, -0.1) is 12.4 Å². The van der Waals surface area contributed by atoms with Crippen LogP contribution in [0.4, 0.5) is 16.2 Å². The van der Waals surface area contributed by atoms with Crippen LogP contribution < -0.4 is 16.0 Å². The summed E-state index contributed by atoms with van der Waals surface area (Å²) in [7, 11) is 1.82. The average Bonchev–Trinajstić information content (AvgIpc) is 2.86. The molecule has 0 radical (unpaired) electrons. The van der Waals surface area contributed by atoms with E-state index in [1.807, 2.05) is 43.1 Å². The number of rotatable bonds is 5. The third-order valence-electron chi connectivity index (χ3n) is 4.25. The van der Waals surface area contributed by atoms with Gasteiger partial charge >= 0.3 is 6.03 Å². The van der Waals surface area contributed by atoms with E-state index in [9.17, 15) is 9.59 Å². The Morgan fingerprint density at radius 2 is 1.52 bits per heavy atom. The van der Waals surface area contributed by atoms with E-state index >= 15 is 0 Å². The summed E-state index contributed by atoms with van der Waals surface area (Å²) in [6.07, 6.45) is 4.54. The van der Waals surface area contributed by atoms with Crippen molar-refractivity contribution in [3.8, 4) is 0 Å². The fourth-order valence-electron chi connectivity index (χ4n) is 2.78. The molecule has 0 bridgehead atoms. The van der Waals surface area contributed by atoms with E-state index in [1.165, 1.54) is 12.8 Å². The molecule has 140 valence electrons. The maximum absolute atomic E-state index is 12.3. The van der Waals surface area contributed by atoms with Crippen molar-refractivity contribution in [3.63, 3.8) is 0 Å². The van der Waals surface area contributed by atoms with E-state index in [1.54, 1.807) is 0 Å². The highest BCUT2D eigenvalue weighted by molar-refractivity contribution is 5.93. The van der Waals surface area contributed by atoms with Gasteiger partial charge in [-0.25, -0.2) is 4.79 Å². The molecule has 1 heterocycles. The lowest BCUT2D eigenvalue weighted by Crippen LogP contribution is -2.35. The lowest BCUT2D eigenvalue weighted by Gasteiger charge is -2.20. The summed E-state index contributed by atoms with van der Waals surface area (Å²) in [5, 5.41) is 8.79. The van der Waals surface area contributed by atoms with Crippen LogP contribution in [0.25, 0.3) is 0 Å². The molecule has 6 nitrogen and oxygen atoms in total. The number of benzene rings is 1. The predicted molar refractivity (Wildman–Crippen MR) is 104 cm³/mol. The lowest BCUT2D eigenvalue weighted by atomic mass is 10.1. The molecule has 1 fully saturated rings. The maximum atomic E-state index is 12.3. The third kappa shape index (κ3) is 6.92. The van der Waals surface area contributed by atoms with Crippen LogP contribution in [-0.2, 0) is 4.79 Å². The molecule has 1 saturated heterocycles. The second-order valence-corrected chi connectivity index (χ2v) is 6.36. The number of halogens is 1. The number of likely N-dealkylation sites (tertiary alicyclic amines) is 1. The first-order chi connectivity index (χ1) is 11.6. The molecule has 25 heavy (non-hydrogen) atoms. The van der Waals surface area contributed by atoms with Crippen molar-refractivity contribution in [2.75, 3.05) is 37.3 Å². The zero-order valence-corrected chi connectivity index (χ0v) is 15.8. The highest BCUT2D eigenvalue weighted by atomic mass is 35.5. The Kier molecular flexibility index (Phi) is 9.31. The van der Waals surface area contributed by atoms with E-state index in [0.29, 0.717) is 6.54 Å². The molecule has 7 heteroatoms. The molecule has 1 aliphatic rings. The maximum Gasteiger partial charge on any atom is 0.321 e. The largest absolute Gasteiger partial charge is 0.326 e. The van der Waals surface area contributed by atoms with Crippen molar-refractivity contribution in [2.45, 2.75) is 32.6 Å². The van der Waals surface area contributed by atoms with Crippen LogP contribution in [0.2, 0.25) is 0 Å². The molecule has 1 unspecified atom stereocenters. The van der Waals surface area contributed by atoms with Crippen LogP contribution in [0.5, 0.6) is 0 Å². The molecular weight excluding hydrogens is 340 g/mol. The van der Waals surface area contributed by atoms with Crippen molar-refractivity contribution in [3.05, 3.63) is 24.3 Å². The molecular formula is C18H29ClN4O2. The number of carbonyl (C=O) groups excluding carboxylic acids is 2. The molecule has 1 atom stereocenters. The van der Waals surface area contributed by atoms with E-state index in [2.05, 4.69) is 16.0 Å². The van der Waals surface area contributed by atoms with Gasteiger partial charge in [-0.2, -0.15) is 0 Å². The number of amides is 3. The number of urea groups is 1. The number of carbonyl (C=O) groups is 2. The smallest absolute Gasteiger partial charge is 0.321 e. The molecule has 0 spiro atoms. The first-order valence-corrected chi connectivity index (χ1v) is 8.71. The summed E-state index contributed by atoms with van der Waals surface area (Å²) in [4.78, 5) is 26.1. The van der Waals surface area contributed by atoms with Crippen LogP contribution in [0, 0.1) is 5.92 Å². The Balaban J connectivity index is 0.00000312. The molecule has 3 amide bonds. The van der Waals surface area contributed by atoms with Gasteiger partial charge in [-0.1, -0.05) is 19.8 Å². The normalized spacial score (nSPS) is 15.5. The zero-order chi connectivity index (χ0) is 17.4. The van der Waals surface area contributed by atoms with Crippen LogP contribution in [-0.4, -0.2) is 43.5 Å². The molecule has 3 N–H and O–H groups in total. The second kappa shape index (κ2) is 10.9.